The van der Waals surface area contributed by atoms with Gasteiger partial charge in [0, 0.05) is 18.1 Å². The van der Waals surface area contributed by atoms with E-state index in [1.165, 1.54) is 27.9 Å². The molecule has 0 aliphatic rings. The summed E-state index contributed by atoms with van der Waals surface area (Å²) < 4.78 is 0. The predicted molar refractivity (Wildman–Crippen MR) is 76.9 cm³/mol. The number of hydrogen-bond acceptors (Lipinski definition) is 2. The molecule has 1 atom stereocenters. The molecule has 18 heavy (non-hydrogen) atoms. The van der Waals surface area contributed by atoms with Crippen molar-refractivity contribution in [1.29, 1.82) is 0 Å². The van der Waals surface area contributed by atoms with Crippen molar-refractivity contribution in [1.82, 2.24) is 4.98 Å². The molecular formula is C16H20N2. The molecule has 2 aromatic rings. The van der Waals surface area contributed by atoms with Gasteiger partial charge in [0.25, 0.3) is 0 Å². The second kappa shape index (κ2) is 5.21. The van der Waals surface area contributed by atoms with Crippen LogP contribution in [0.2, 0.25) is 0 Å². The first-order chi connectivity index (χ1) is 8.58. The first-order valence-electron chi connectivity index (χ1n) is 6.32. The summed E-state index contributed by atoms with van der Waals surface area (Å²) >= 11 is 0. The van der Waals surface area contributed by atoms with Crippen molar-refractivity contribution in [2.45, 2.75) is 33.7 Å². The number of aryl methyl sites for hydroxylation is 3. The van der Waals surface area contributed by atoms with Crippen LogP contribution in [0, 0.1) is 20.8 Å². The highest BCUT2D eigenvalue weighted by atomic mass is 14.9. The lowest BCUT2D eigenvalue weighted by atomic mass is 10.0. The van der Waals surface area contributed by atoms with Gasteiger partial charge in [-0.3, -0.25) is 4.98 Å². The average molecular weight is 240 g/mol. The van der Waals surface area contributed by atoms with E-state index in [0.29, 0.717) is 0 Å². The van der Waals surface area contributed by atoms with Crippen LogP contribution in [0.3, 0.4) is 0 Å². The highest BCUT2D eigenvalue weighted by Crippen LogP contribution is 2.26. The fourth-order valence-corrected chi connectivity index (χ4v) is 2.34. The van der Waals surface area contributed by atoms with Crippen LogP contribution in [0.15, 0.2) is 36.7 Å². The number of benzene rings is 1. The Kier molecular flexibility index (Phi) is 3.66. The highest BCUT2D eigenvalue weighted by Gasteiger charge is 2.09. The van der Waals surface area contributed by atoms with E-state index in [1.54, 1.807) is 6.20 Å². The molecule has 0 saturated carbocycles. The summed E-state index contributed by atoms with van der Waals surface area (Å²) in [6.07, 6.45) is 3.72. The van der Waals surface area contributed by atoms with Crippen molar-refractivity contribution in [2.24, 2.45) is 0 Å². The summed E-state index contributed by atoms with van der Waals surface area (Å²) in [6.45, 7) is 8.60. The Morgan fingerprint density at radius 2 is 1.78 bits per heavy atom. The van der Waals surface area contributed by atoms with Crippen LogP contribution in [-0.2, 0) is 0 Å². The number of hydrogen-bond donors (Lipinski definition) is 1. The number of nitrogens with zero attached hydrogens (tertiary/aromatic N) is 1. The molecule has 1 heterocycles. The molecule has 1 aromatic carbocycles. The van der Waals surface area contributed by atoms with Gasteiger partial charge in [0.05, 0.1) is 6.04 Å². The summed E-state index contributed by atoms with van der Waals surface area (Å²) in [5.41, 5.74) is 6.34. The van der Waals surface area contributed by atoms with Gasteiger partial charge in [0.15, 0.2) is 0 Å². The Morgan fingerprint density at radius 3 is 2.33 bits per heavy atom. The molecule has 0 bridgehead atoms. The molecule has 2 heteroatoms. The Hall–Kier alpha value is -1.83. The van der Waals surface area contributed by atoms with Crippen molar-refractivity contribution in [3.05, 3.63) is 58.9 Å². The molecule has 0 radical (unpaired) electrons. The van der Waals surface area contributed by atoms with E-state index in [0.717, 1.165) is 0 Å². The molecule has 1 N–H and O–H groups in total. The topological polar surface area (TPSA) is 24.9 Å². The molecule has 94 valence electrons. The van der Waals surface area contributed by atoms with Gasteiger partial charge in [-0.05, 0) is 50.5 Å². The SMILES string of the molecule is Cc1cc(C)c(NC(C)c2cccnc2)c(C)c1. The van der Waals surface area contributed by atoms with E-state index < -0.39 is 0 Å². The molecule has 0 fully saturated rings. The van der Waals surface area contributed by atoms with Crippen molar-refractivity contribution in [3.8, 4) is 0 Å². The summed E-state index contributed by atoms with van der Waals surface area (Å²) in [7, 11) is 0. The number of rotatable bonds is 3. The minimum Gasteiger partial charge on any atom is -0.378 e. The highest BCUT2D eigenvalue weighted by molar-refractivity contribution is 5.59. The zero-order valence-corrected chi connectivity index (χ0v) is 11.5. The standard InChI is InChI=1S/C16H20N2/c1-11-8-12(2)16(13(3)9-11)18-14(4)15-6-5-7-17-10-15/h5-10,14,18H,1-4H3. The monoisotopic (exact) mass is 240 g/mol. The second-order valence-corrected chi connectivity index (χ2v) is 4.93. The largest absolute Gasteiger partial charge is 0.378 e. The van der Waals surface area contributed by atoms with E-state index in [4.69, 9.17) is 0 Å². The summed E-state index contributed by atoms with van der Waals surface area (Å²) in [5.74, 6) is 0. The van der Waals surface area contributed by atoms with Crippen molar-refractivity contribution < 1.29 is 0 Å². The Bertz CT molecular complexity index is 509. The Morgan fingerprint density at radius 1 is 1.11 bits per heavy atom. The molecule has 0 aliphatic carbocycles. The molecule has 0 aliphatic heterocycles. The number of aromatic nitrogens is 1. The smallest absolute Gasteiger partial charge is 0.0501 e. The van der Waals surface area contributed by atoms with E-state index in [9.17, 15) is 0 Å². The number of pyridine rings is 1. The molecule has 0 saturated heterocycles. The summed E-state index contributed by atoms with van der Waals surface area (Å²) in [6, 6.07) is 8.77. The fraction of sp³-hybridized carbons (Fsp3) is 0.312. The lowest BCUT2D eigenvalue weighted by molar-refractivity contribution is 0.871. The number of nitrogens with one attached hydrogen (secondary N) is 1. The van der Waals surface area contributed by atoms with E-state index >= 15 is 0 Å². The first-order valence-corrected chi connectivity index (χ1v) is 6.32. The maximum Gasteiger partial charge on any atom is 0.0501 e. The zero-order chi connectivity index (χ0) is 13.1. The van der Waals surface area contributed by atoms with Gasteiger partial charge in [0.2, 0.25) is 0 Å². The molecule has 2 rings (SSSR count). The van der Waals surface area contributed by atoms with Crippen LogP contribution in [0.4, 0.5) is 5.69 Å². The lowest BCUT2D eigenvalue weighted by Gasteiger charge is -2.19. The van der Waals surface area contributed by atoms with Crippen molar-refractivity contribution in [2.75, 3.05) is 5.32 Å². The lowest BCUT2D eigenvalue weighted by Crippen LogP contribution is -2.09. The van der Waals surface area contributed by atoms with Crippen LogP contribution in [0.5, 0.6) is 0 Å². The fourth-order valence-electron chi connectivity index (χ4n) is 2.34. The maximum absolute atomic E-state index is 4.17. The third kappa shape index (κ3) is 2.70. The summed E-state index contributed by atoms with van der Waals surface area (Å²) in [4.78, 5) is 4.17. The first kappa shape index (κ1) is 12.6. The normalized spacial score (nSPS) is 12.2. The minimum absolute atomic E-state index is 0.263. The molecule has 1 unspecified atom stereocenters. The van der Waals surface area contributed by atoms with Gasteiger partial charge in [-0.15, -0.1) is 0 Å². The van der Waals surface area contributed by atoms with E-state index in [1.807, 2.05) is 12.3 Å². The third-order valence-corrected chi connectivity index (χ3v) is 3.22. The van der Waals surface area contributed by atoms with Gasteiger partial charge >= 0.3 is 0 Å². The molecule has 1 aromatic heterocycles. The van der Waals surface area contributed by atoms with Crippen LogP contribution < -0.4 is 5.32 Å². The zero-order valence-electron chi connectivity index (χ0n) is 11.5. The maximum atomic E-state index is 4.17. The van der Waals surface area contributed by atoms with Crippen molar-refractivity contribution >= 4 is 5.69 Å². The Balaban J connectivity index is 2.25. The van der Waals surface area contributed by atoms with Gasteiger partial charge in [0.1, 0.15) is 0 Å². The van der Waals surface area contributed by atoms with Gasteiger partial charge in [-0.25, -0.2) is 0 Å². The average Bonchev–Trinajstić information content (AvgIpc) is 2.34. The van der Waals surface area contributed by atoms with Gasteiger partial charge in [-0.2, -0.15) is 0 Å². The predicted octanol–water partition coefficient (Wildman–Crippen LogP) is 4.18. The van der Waals surface area contributed by atoms with Crippen LogP contribution in [0.1, 0.15) is 35.2 Å². The quantitative estimate of drug-likeness (QED) is 0.870. The molecular weight excluding hydrogens is 220 g/mol. The van der Waals surface area contributed by atoms with Crippen LogP contribution >= 0.6 is 0 Å². The molecule has 0 amide bonds. The van der Waals surface area contributed by atoms with Crippen molar-refractivity contribution in [3.63, 3.8) is 0 Å². The Labute approximate surface area is 109 Å². The van der Waals surface area contributed by atoms with E-state index in [2.05, 4.69) is 56.2 Å². The summed E-state index contributed by atoms with van der Waals surface area (Å²) in [5, 5.41) is 3.58. The van der Waals surface area contributed by atoms with E-state index in [-0.39, 0.29) is 6.04 Å². The van der Waals surface area contributed by atoms with Gasteiger partial charge < -0.3 is 5.32 Å². The van der Waals surface area contributed by atoms with Crippen LogP contribution in [0.25, 0.3) is 0 Å². The van der Waals surface area contributed by atoms with Crippen LogP contribution in [-0.4, -0.2) is 4.98 Å². The molecule has 2 nitrogen and oxygen atoms in total. The minimum atomic E-state index is 0.263. The molecule has 0 spiro atoms. The van der Waals surface area contributed by atoms with Gasteiger partial charge in [-0.1, -0.05) is 23.8 Å². The number of anilines is 1. The third-order valence-electron chi connectivity index (χ3n) is 3.22. The second-order valence-electron chi connectivity index (χ2n) is 4.93.